The molecule has 1 aromatic carbocycles. The van der Waals surface area contributed by atoms with Crippen molar-refractivity contribution in [3.63, 3.8) is 0 Å². The SMILES string of the molecule is CCCCNC(=O)COC(=O)CCOc1ccc(N)cc1. The summed E-state index contributed by atoms with van der Waals surface area (Å²) in [6.07, 6.45) is 2.00. The van der Waals surface area contributed by atoms with E-state index in [4.69, 9.17) is 15.2 Å². The van der Waals surface area contributed by atoms with E-state index in [-0.39, 0.29) is 25.5 Å². The van der Waals surface area contributed by atoms with E-state index in [1.165, 1.54) is 0 Å². The molecule has 6 nitrogen and oxygen atoms in total. The van der Waals surface area contributed by atoms with Gasteiger partial charge in [0, 0.05) is 12.2 Å². The Morgan fingerprint density at radius 2 is 1.95 bits per heavy atom. The highest BCUT2D eigenvalue weighted by Gasteiger charge is 2.07. The topological polar surface area (TPSA) is 90.6 Å². The number of carbonyl (C=O) groups excluding carboxylic acids is 2. The highest BCUT2D eigenvalue weighted by molar-refractivity contribution is 5.80. The Hall–Kier alpha value is -2.24. The molecule has 0 spiro atoms. The first kappa shape index (κ1) is 16.8. The second kappa shape index (κ2) is 9.63. The van der Waals surface area contributed by atoms with E-state index in [1.807, 2.05) is 6.92 Å². The molecular formula is C15H22N2O4. The first-order chi connectivity index (χ1) is 10.1. The van der Waals surface area contributed by atoms with Crippen LogP contribution in [0.1, 0.15) is 26.2 Å². The van der Waals surface area contributed by atoms with Crippen molar-refractivity contribution in [2.45, 2.75) is 26.2 Å². The van der Waals surface area contributed by atoms with Crippen LogP contribution in [0.3, 0.4) is 0 Å². The molecule has 3 N–H and O–H groups in total. The maximum absolute atomic E-state index is 11.4. The number of amides is 1. The van der Waals surface area contributed by atoms with Crippen molar-refractivity contribution in [1.82, 2.24) is 5.32 Å². The molecule has 0 bridgehead atoms. The summed E-state index contributed by atoms with van der Waals surface area (Å²) in [6, 6.07) is 6.88. The standard InChI is InChI=1S/C15H22N2O4/c1-2-3-9-17-14(18)11-21-15(19)8-10-20-13-6-4-12(16)5-7-13/h4-7H,2-3,8-11,16H2,1H3,(H,17,18). The molecule has 0 aliphatic carbocycles. The number of hydrogen-bond acceptors (Lipinski definition) is 5. The fourth-order valence-electron chi connectivity index (χ4n) is 1.49. The summed E-state index contributed by atoms with van der Waals surface area (Å²) in [5.41, 5.74) is 6.20. The minimum absolute atomic E-state index is 0.0899. The maximum Gasteiger partial charge on any atom is 0.309 e. The van der Waals surface area contributed by atoms with Gasteiger partial charge in [-0.1, -0.05) is 13.3 Å². The lowest BCUT2D eigenvalue weighted by Gasteiger charge is -2.07. The molecule has 0 aromatic heterocycles. The number of nitrogens with one attached hydrogen (secondary N) is 1. The normalized spacial score (nSPS) is 9.95. The molecular weight excluding hydrogens is 272 g/mol. The van der Waals surface area contributed by atoms with Crippen molar-refractivity contribution in [2.75, 3.05) is 25.5 Å². The largest absolute Gasteiger partial charge is 0.493 e. The van der Waals surface area contributed by atoms with E-state index in [9.17, 15) is 9.59 Å². The van der Waals surface area contributed by atoms with Crippen LogP contribution < -0.4 is 15.8 Å². The average Bonchev–Trinajstić information content (AvgIpc) is 2.47. The second-order valence-electron chi connectivity index (χ2n) is 4.53. The first-order valence-corrected chi connectivity index (χ1v) is 7.02. The Kier molecular flexibility index (Phi) is 7.71. The third-order valence-corrected chi connectivity index (χ3v) is 2.67. The molecule has 1 amide bonds. The molecule has 0 unspecified atom stereocenters. The number of carbonyl (C=O) groups is 2. The van der Waals surface area contributed by atoms with Gasteiger partial charge in [0.25, 0.3) is 5.91 Å². The van der Waals surface area contributed by atoms with Gasteiger partial charge in [0.15, 0.2) is 6.61 Å². The van der Waals surface area contributed by atoms with Gasteiger partial charge in [-0.2, -0.15) is 0 Å². The van der Waals surface area contributed by atoms with Gasteiger partial charge in [-0.05, 0) is 30.7 Å². The number of benzene rings is 1. The van der Waals surface area contributed by atoms with Gasteiger partial charge in [-0.3, -0.25) is 9.59 Å². The molecule has 1 rings (SSSR count). The molecule has 0 fully saturated rings. The number of nitrogens with two attached hydrogens (primary N) is 1. The number of unbranched alkanes of at least 4 members (excludes halogenated alkanes) is 1. The van der Waals surface area contributed by atoms with Gasteiger partial charge in [-0.15, -0.1) is 0 Å². The average molecular weight is 294 g/mol. The van der Waals surface area contributed by atoms with E-state index in [1.54, 1.807) is 24.3 Å². The lowest BCUT2D eigenvalue weighted by molar-refractivity contribution is -0.149. The van der Waals surface area contributed by atoms with Crippen LogP contribution in [0.2, 0.25) is 0 Å². The quantitative estimate of drug-likeness (QED) is 0.409. The highest BCUT2D eigenvalue weighted by Crippen LogP contribution is 2.13. The molecule has 0 atom stereocenters. The van der Waals surface area contributed by atoms with Gasteiger partial charge in [0.2, 0.25) is 0 Å². The number of rotatable bonds is 9. The van der Waals surface area contributed by atoms with Crippen LogP contribution in [-0.4, -0.2) is 31.6 Å². The summed E-state index contributed by atoms with van der Waals surface area (Å²) in [5.74, 6) is -0.110. The minimum Gasteiger partial charge on any atom is -0.493 e. The Balaban J connectivity index is 2.11. The molecule has 1 aromatic rings. The molecule has 0 aliphatic rings. The van der Waals surface area contributed by atoms with Gasteiger partial charge in [0.05, 0.1) is 13.0 Å². The van der Waals surface area contributed by atoms with Crippen molar-refractivity contribution in [2.24, 2.45) is 0 Å². The van der Waals surface area contributed by atoms with Gasteiger partial charge >= 0.3 is 5.97 Å². The zero-order valence-electron chi connectivity index (χ0n) is 12.3. The lowest BCUT2D eigenvalue weighted by Crippen LogP contribution is -2.29. The van der Waals surface area contributed by atoms with Gasteiger partial charge in [-0.25, -0.2) is 0 Å². The van der Waals surface area contributed by atoms with Crippen LogP contribution in [0.5, 0.6) is 5.75 Å². The summed E-state index contributed by atoms with van der Waals surface area (Å²) in [7, 11) is 0. The van der Waals surface area contributed by atoms with Crippen molar-refractivity contribution < 1.29 is 19.1 Å². The number of ether oxygens (including phenoxy) is 2. The smallest absolute Gasteiger partial charge is 0.309 e. The van der Waals surface area contributed by atoms with E-state index < -0.39 is 5.97 Å². The number of esters is 1. The fraction of sp³-hybridized carbons (Fsp3) is 0.467. The third kappa shape index (κ3) is 7.81. The lowest BCUT2D eigenvalue weighted by atomic mass is 10.3. The molecule has 0 aliphatic heterocycles. The third-order valence-electron chi connectivity index (χ3n) is 2.67. The molecule has 21 heavy (non-hydrogen) atoms. The van der Waals surface area contributed by atoms with Gasteiger partial charge in [0.1, 0.15) is 5.75 Å². The predicted molar refractivity (Wildman–Crippen MR) is 79.8 cm³/mol. The van der Waals surface area contributed by atoms with E-state index >= 15 is 0 Å². The summed E-state index contributed by atoms with van der Waals surface area (Å²) in [4.78, 5) is 22.7. The van der Waals surface area contributed by atoms with E-state index in [0.29, 0.717) is 18.0 Å². The Morgan fingerprint density at radius 1 is 1.24 bits per heavy atom. The van der Waals surface area contributed by atoms with Crippen LogP contribution in [0, 0.1) is 0 Å². The zero-order valence-corrected chi connectivity index (χ0v) is 12.3. The Morgan fingerprint density at radius 3 is 2.62 bits per heavy atom. The van der Waals surface area contributed by atoms with Crippen molar-refractivity contribution in [1.29, 1.82) is 0 Å². The Labute approximate surface area is 124 Å². The molecule has 116 valence electrons. The molecule has 0 saturated carbocycles. The summed E-state index contributed by atoms with van der Waals surface area (Å²) < 4.78 is 10.2. The zero-order chi connectivity index (χ0) is 15.5. The number of hydrogen-bond donors (Lipinski definition) is 2. The maximum atomic E-state index is 11.4. The predicted octanol–water partition coefficient (Wildman–Crippen LogP) is 1.50. The molecule has 0 saturated heterocycles. The highest BCUT2D eigenvalue weighted by atomic mass is 16.5. The molecule has 0 heterocycles. The van der Waals surface area contributed by atoms with Crippen LogP contribution >= 0.6 is 0 Å². The van der Waals surface area contributed by atoms with Crippen LogP contribution in [0.15, 0.2) is 24.3 Å². The van der Waals surface area contributed by atoms with Gasteiger partial charge < -0.3 is 20.5 Å². The van der Waals surface area contributed by atoms with Crippen molar-refractivity contribution in [3.8, 4) is 5.75 Å². The molecule has 6 heteroatoms. The summed E-state index contributed by atoms with van der Waals surface area (Å²) in [6.45, 7) is 2.59. The van der Waals surface area contributed by atoms with Crippen molar-refractivity contribution >= 4 is 17.6 Å². The van der Waals surface area contributed by atoms with Crippen molar-refractivity contribution in [3.05, 3.63) is 24.3 Å². The molecule has 0 radical (unpaired) electrons. The number of nitrogen functional groups attached to an aromatic ring is 1. The van der Waals surface area contributed by atoms with E-state index in [0.717, 1.165) is 12.8 Å². The minimum atomic E-state index is -0.462. The van der Waals surface area contributed by atoms with Crippen LogP contribution in [0.25, 0.3) is 0 Å². The summed E-state index contributed by atoms with van der Waals surface area (Å²) in [5, 5.41) is 2.67. The second-order valence-corrected chi connectivity index (χ2v) is 4.53. The Bertz CT molecular complexity index is 445. The number of anilines is 1. The van der Waals surface area contributed by atoms with Crippen LogP contribution in [0.4, 0.5) is 5.69 Å². The van der Waals surface area contributed by atoms with Crippen LogP contribution in [-0.2, 0) is 14.3 Å². The summed E-state index contributed by atoms with van der Waals surface area (Å²) >= 11 is 0. The monoisotopic (exact) mass is 294 g/mol. The fourth-order valence-corrected chi connectivity index (χ4v) is 1.49. The first-order valence-electron chi connectivity index (χ1n) is 7.02. The van der Waals surface area contributed by atoms with E-state index in [2.05, 4.69) is 5.32 Å².